The molecule has 0 saturated carbocycles. The number of likely N-dealkylation sites (tertiary alicyclic amines) is 1. The third kappa shape index (κ3) is 4.06. The minimum atomic E-state index is -0.249. The zero-order chi connectivity index (χ0) is 20.4. The quantitative estimate of drug-likeness (QED) is 0.681. The van der Waals surface area contributed by atoms with Gasteiger partial charge in [-0.3, -0.25) is 9.78 Å². The van der Waals surface area contributed by atoms with Crippen molar-refractivity contribution in [3.63, 3.8) is 0 Å². The molecule has 2 aromatic carbocycles. The minimum Gasteiger partial charge on any atom is -0.325 e. The summed E-state index contributed by atoms with van der Waals surface area (Å²) in [6.45, 7) is 5.37. The number of carbonyl (C=O) groups is 2. The summed E-state index contributed by atoms with van der Waals surface area (Å²) in [5.74, 6) is -0.249. The SMILES string of the molecule is Cc1ccc2nc(C)c(C(=O)Nc3ccccc3NC(=O)N3CCCC3)cc2c1. The van der Waals surface area contributed by atoms with Crippen molar-refractivity contribution >= 4 is 34.2 Å². The van der Waals surface area contributed by atoms with Crippen LogP contribution in [-0.4, -0.2) is 34.9 Å². The van der Waals surface area contributed by atoms with Gasteiger partial charge in [0.2, 0.25) is 0 Å². The van der Waals surface area contributed by atoms with E-state index in [-0.39, 0.29) is 11.9 Å². The Balaban J connectivity index is 1.58. The molecular formula is C23H24N4O2. The van der Waals surface area contributed by atoms with Crippen LogP contribution in [0.5, 0.6) is 0 Å². The lowest BCUT2D eigenvalue weighted by atomic mass is 10.1. The Bertz CT molecular complexity index is 1090. The third-order valence-electron chi connectivity index (χ3n) is 5.22. The van der Waals surface area contributed by atoms with Crippen LogP contribution in [0.15, 0.2) is 48.5 Å². The molecule has 1 aliphatic rings. The number of urea groups is 1. The molecule has 4 rings (SSSR count). The Morgan fingerprint density at radius 1 is 0.931 bits per heavy atom. The predicted octanol–water partition coefficient (Wildman–Crippen LogP) is 4.73. The molecule has 2 N–H and O–H groups in total. The van der Waals surface area contributed by atoms with Crippen LogP contribution in [0, 0.1) is 13.8 Å². The second-order valence-electron chi connectivity index (χ2n) is 7.44. The number of fused-ring (bicyclic) bond motifs is 1. The molecule has 148 valence electrons. The lowest BCUT2D eigenvalue weighted by Gasteiger charge is -2.18. The van der Waals surface area contributed by atoms with Crippen molar-refractivity contribution in [1.29, 1.82) is 0 Å². The van der Waals surface area contributed by atoms with Crippen molar-refractivity contribution < 1.29 is 9.59 Å². The fourth-order valence-electron chi connectivity index (χ4n) is 3.63. The lowest BCUT2D eigenvalue weighted by molar-refractivity contribution is 0.102. The number of anilines is 2. The molecule has 6 heteroatoms. The standard InChI is InChI=1S/C23H24N4O2/c1-15-9-10-19-17(13-15)14-18(16(2)24-19)22(28)25-20-7-3-4-8-21(20)26-23(29)27-11-5-6-12-27/h3-4,7-10,13-14H,5-6,11-12H2,1-2H3,(H,25,28)(H,26,29). The molecule has 3 aromatic rings. The summed E-state index contributed by atoms with van der Waals surface area (Å²) in [5.41, 5.74) is 4.31. The van der Waals surface area contributed by atoms with E-state index < -0.39 is 0 Å². The first-order valence-electron chi connectivity index (χ1n) is 9.85. The van der Waals surface area contributed by atoms with E-state index in [1.807, 2.05) is 50.2 Å². The molecule has 0 aliphatic carbocycles. The van der Waals surface area contributed by atoms with Gasteiger partial charge in [0, 0.05) is 18.5 Å². The maximum Gasteiger partial charge on any atom is 0.321 e. The van der Waals surface area contributed by atoms with Gasteiger partial charge in [-0.1, -0.05) is 23.8 Å². The smallest absolute Gasteiger partial charge is 0.321 e. The van der Waals surface area contributed by atoms with Gasteiger partial charge >= 0.3 is 6.03 Å². The molecule has 0 spiro atoms. The Hall–Kier alpha value is -3.41. The molecule has 2 heterocycles. The topological polar surface area (TPSA) is 74.3 Å². The summed E-state index contributed by atoms with van der Waals surface area (Å²) in [4.78, 5) is 31.8. The molecule has 0 bridgehead atoms. The van der Waals surface area contributed by atoms with Gasteiger partial charge in [0.1, 0.15) is 0 Å². The van der Waals surface area contributed by atoms with Crippen LogP contribution in [0.1, 0.15) is 34.5 Å². The molecule has 0 atom stereocenters. The molecule has 1 fully saturated rings. The van der Waals surface area contributed by atoms with Crippen LogP contribution in [-0.2, 0) is 0 Å². The highest BCUT2D eigenvalue weighted by atomic mass is 16.2. The fraction of sp³-hybridized carbons (Fsp3) is 0.261. The summed E-state index contributed by atoms with van der Waals surface area (Å²) in [5, 5.41) is 6.78. The number of pyridine rings is 1. The minimum absolute atomic E-state index is 0.136. The van der Waals surface area contributed by atoms with E-state index in [4.69, 9.17) is 0 Å². The van der Waals surface area contributed by atoms with Gasteiger partial charge in [0.05, 0.1) is 28.1 Å². The van der Waals surface area contributed by atoms with Gasteiger partial charge in [-0.2, -0.15) is 0 Å². The second kappa shape index (κ2) is 7.91. The number of benzene rings is 2. The number of carbonyl (C=O) groups excluding carboxylic acids is 2. The van der Waals surface area contributed by atoms with Crippen molar-refractivity contribution in [1.82, 2.24) is 9.88 Å². The van der Waals surface area contributed by atoms with Gasteiger partial charge in [0.15, 0.2) is 0 Å². The van der Waals surface area contributed by atoms with E-state index in [0.717, 1.165) is 42.4 Å². The second-order valence-corrected chi connectivity index (χ2v) is 7.44. The van der Waals surface area contributed by atoms with Gasteiger partial charge < -0.3 is 15.5 Å². The molecule has 1 saturated heterocycles. The Morgan fingerprint density at radius 3 is 2.34 bits per heavy atom. The fourth-order valence-corrected chi connectivity index (χ4v) is 3.63. The van der Waals surface area contributed by atoms with Crippen molar-refractivity contribution in [3.05, 3.63) is 65.4 Å². The van der Waals surface area contributed by atoms with Crippen molar-refractivity contribution in [2.24, 2.45) is 0 Å². The van der Waals surface area contributed by atoms with Crippen molar-refractivity contribution in [2.75, 3.05) is 23.7 Å². The molecule has 29 heavy (non-hydrogen) atoms. The molecule has 1 aromatic heterocycles. The van der Waals surface area contributed by atoms with Crippen LogP contribution in [0.2, 0.25) is 0 Å². The van der Waals surface area contributed by atoms with Crippen LogP contribution >= 0.6 is 0 Å². The van der Waals surface area contributed by atoms with Crippen LogP contribution in [0.3, 0.4) is 0 Å². The molecule has 6 nitrogen and oxygen atoms in total. The number of aromatic nitrogens is 1. The summed E-state index contributed by atoms with van der Waals surface area (Å²) in [6, 6.07) is 15.0. The highest BCUT2D eigenvalue weighted by molar-refractivity contribution is 6.09. The van der Waals surface area contributed by atoms with E-state index in [1.165, 1.54) is 0 Å². The van der Waals surface area contributed by atoms with Crippen molar-refractivity contribution in [2.45, 2.75) is 26.7 Å². The van der Waals surface area contributed by atoms with E-state index >= 15 is 0 Å². The first-order chi connectivity index (χ1) is 14.0. The zero-order valence-electron chi connectivity index (χ0n) is 16.7. The molecule has 3 amide bonds. The predicted molar refractivity (Wildman–Crippen MR) is 115 cm³/mol. The highest BCUT2D eigenvalue weighted by Crippen LogP contribution is 2.24. The van der Waals surface area contributed by atoms with Gasteiger partial charge in [-0.25, -0.2) is 4.79 Å². The third-order valence-corrected chi connectivity index (χ3v) is 5.22. The van der Waals surface area contributed by atoms with E-state index in [2.05, 4.69) is 15.6 Å². The molecular weight excluding hydrogens is 364 g/mol. The number of aryl methyl sites for hydroxylation is 2. The number of amides is 3. The molecule has 0 radical (unpaired) electrons. The number of hydrogen-bond acceptors (Lipinski definition) is 3. The number of rotatable bonds is 3. The van der Waals surface area contributed by atoms with E-state index in [9.17, 15) is 9.59 Å². The van der Waals surface area contributed by atoms with Gasteiger partial charge in [0.25, 0.3) is 5.91 Å². The zero-order valence-corrected chi connectivity index (χ0v) is 16.7. The van der Waals surface area contributed by atoms with Gasteiger partial charge in [-0.05, 0) is 57.0 Å². The van der Waals surface area contributed by atoms with Crippen LogP contribution in [0.4, 0.5) is 16.2 Å². The number of hydrogen-bond donors (Lipinski definition) is 2. The summed E-state index contributed by atoms with van der Waals surface area (Å²) >= 11 is 0. The Kier molecular flexibility index (Phi) is 5.16. The number of nitrogens with one attached hydrogen (secondary N) is 2. The average Bonchev–Trinajstić information content (AvgIpc) is 3.24. The largest absolute Gasteiger partial charge is 0.325 e. The van der Waals surface area contributed by atoms with E-state index in [0.29, 0.717) is 22.6 Å². The molecule has 1 aliphatic heterocycles. The monoisotopic (exact) mass is 388 g/mol. The van der Waals surface area contributed by atoms with Gasteiger partial charge in [-0.15, -0.1) is 0 Å². The van der Waals surface area contributed by atoms with Crippen LogP contribution in [0.25, 0.3) is 10.9 Å². The summed E-state index contributed by atoms with van der Waals surface area (Å²) in [7, 11) is 0. The number of nitrogens with zero attached hydrogens (tertiary/aromatic N) is 2. The Morgan fingerprint density at radius 2 is 1.62 bits per heavy atom. The first-order valence-corrected chi connectivity index (χ1v) is 9.85. The average molecular weight is 388 g/mol. The van der Waals surface area contributed by atoms with Crippen molar-refractivity contribution in [3.8, 4) is 0 Å². The number of para-hydroxylation sites is 2. The highest BCUT2D eigenvalue weighted by Gasteiger charge is 2.19. The van der Waals surface area contributed by atoms with Crippen LogP contribution < -0.4 is 10.6 Å². The lowest BCUT2D eigenvalue weighted by Crippen LogP contribution is -2.32. The summed E-state index contributed by atoms with van der Waals surface area (Å²) < 4.78 is 0. The normalized spacial score (nSPS) is 13.5. The Labute approximate surface area is 169 Å². The first kappa shape index (κ1) is 18.9. The van der Waals surface area contributed by atoms with E-state index in [1.54, 1.807) is 17.0 Å². The summed E-state index contributed by atoms with van der Waals surface area (Å²) in [6.07, 6.45) is 2.05. The maximum absolute atomic E-state index is 13.0. The molecule has 0 unspecified atom stereocenters. The maximum atomic E-state index is 13.0.